The van der Waals surface area contributed by atoms with Gasteiger partial charge in [0.1, 0.15) is 6.54 Å². The van der Waals surface area contributed by atoms with Crippen molar-refractivity contribution in [3.63, 3.8) is 0 Å². The molecule has 0 radical (unpaired) electrons. The van der Waals surface area contributed by atoms with Gasteiger partial charge >= 0.3 is 0 Å². The summed E-state index contributed by atoms with van der Waals surface area (Å²) in [5.41, 5.74) is 3.36. The quantitative estimate of drug-likeness (QED) is 0.803. The normalized spacial score (nSPS) is 15.8. The van der Waals surface area contributed by atoms with Gasteiger partial charge in [-0.05, 0) is 43.5 Å². The summed E-state index contributed by atoms with van der Waals surface area (Å²) in [4.78, 5) is 42.2. The second-order valence-corrected chi connectivity index (χ2v) is 8.73. The van der Waals surface area contributed by atoms with Gasteiger partial charge in [0.05, 0.1) is 11.4 Å². The SMILES string of the molecule is Cc1cccc(CNC(=O)CN2C(=O)CSc3ccc(C(=O)N4CCCC4)cc32)c1. The van der Waals surface area contributed by atoms with Crippen LogP contribution < -0.4 is 10.2 Å². The van der Waals surface area contributed by atoms with Gasteiger partial charge in [0.15, 0.2) is 0 Å². The fourth-order valence-electron chi connectivity index (χ4n) is 3.83. The predicted molar refractivity (Wildman–Crippen MR) is 118 cm³/mol. The first-order chi connectivity index (χ1) is 14.5. The molecule has 0 spiro atoms. The number of nitrogens with zero attached hydrogens (tertiary/aromatic N) is 2. The maximum atomic E-state index is 12.8. The molecule has 0 unspecified atom stereocenters. The Kier molecular flexibility index (Phi) is 6.08. The number of thioether (sulfide) groups is 1. The van der Waals surface area contributed by atoms with Gasteiger partial charge in [0, 0.05) is 30.1 Å². The number of aryl methyl sites for hydroxylation is 1. The molecule has 0 saturated carbocycles. The van der Waals surface area contributed by atoms with Crippen LogP contribution in [0.3, 0.4) is 0 Å². The van der Waals surface area contributed by atoms with Gasteiger partial charge in [-0.15, -0.1) is 11.8 Å². The molecule has 2 heterocycles. The first-order valence-corrected chi connectivity index (χ1v) is 11.2. The molecule has 0 aromatic heterocycles. The van der Waals surface area contributed by atoms with Crippen molar-refractivity contribution in [3.05, 3.63) is 59.2 Å². The van der Waals surface area contributed by atoms with E-state index in [-0.39, 0.29) is 30.0 Å². The van der Waals surface area contributed by atoms with Crippen LogP contribution in [0, 0.1) is 6.92 Å². The fraction of sp³-hybridized carbons (Fsp3) is 0.348. The topological polar surface area (TPSA) is 69.7 Å². The van der Waals surface area contributed by atoms with Crippen LogP contribution in [0.15, 0.2) is 47.4 Å². The highest BCUT2D eigenvalue weighted by Crippen LogP contribution is 2.36. The average molecular weight is 424 g/mol. The summed E-state index contributed by atoms with van der Waals surface area (Å²) in [5, 5.41) is 2.89. The summed E-state index contributed by atoms with van der Waals surface area (Å²) >= 11 is 1.44. The van der Waals surface area contributed by atoms with E-state index >= 15 is 0 Å². The minimum atomic E-state index is -0.223. The maximum Gasteiger partial charge on any atom is 0.253 e. The summed E-state index contributed by atoms with van der Waals surface area (Å²) in [6, 6.07) is 13.4. The van der Waals surface area contributed by atoms with E-state index in [1.54, 1.807) is 6.07 Å². The van der Waals surface area contributed by atoms with Gasteiger partial charge < -0.3 is 15.1 Å². The van der Waals surface area contributed by atoms with Crippen LogP contribution in [-0.4, -0.2) is 48.0 Å². The zero-order valence-electron chi connectivity index (χ0n) is 17.0. The lowest BCUT2D eigenvalue weighted by Gasteiger charge is -2.29. The van der Waals surface area contributed by atoms with E-state index in [9.17, 15) is 14.4 Å². The largest absolute Gasteiger partial charge is 0.350 e. The van der Waals surface area contributed by atoms with Crippen LogP contribution in [0.2, 0.25) is 0 Å². The molecule has 156 valence electrons. The van der Waals surface area contributed by atoms with Crippen LogP contribution in [0.5, 0.6) is 0 Å². The second kappa shape index (κ2) is 8.92. The van der Waals surface area contributed by atoms with E-state index in [4.69, 9.17) is 0 Å². The number of likely N-dealkylation sites (tertiary alicyclic amines) is 1. The summed E-state index contributed by atoms with van der Waals surface area (Å²) in [5.74, 6) is -0.0671. The lowest BCUT2D eigenvalue weighted by molar-refractivity contribution is -0.123. The summed E-state index contributed by atoms with van der Waals surface area (Å²) in [7, 11) is 0. The van der Waals surface area contributed by atoms with E-state index in [2.05, 4.69) is 5.32 Å². The van der Waals surface area contributed by atoms with Crippen LogP contribution in [-0.2, 0) is 16.1 Å². The third-order valence-electron chi connectivity index (χ3n) is 5.42. The van der Waals surface area contributed by atoms with Crippen molar-refractivity contribution in [1.29, 1.82) is 0 Å². The standard InChI is InChI=1S/C23H25N3O3S/c1-16-5-4-6-17(11-16)13-24-21(27)14-26-19-12-18(23(29)25-9-2-3-10-25)7-8-20(19)30-15-22(26)28/h4-8,11-12H,2-3,9-10,13-15H2,1H3,(H,24,27). The molecule has 0 aliphatic carbocycles. The van der Waals surface area contributed by atoms with Crippen molar-refractivity contribution < 1.29 is 14.4 Å². The Labute approximate surface area is 180 Å². The van der Waals surface area contributed by atoms with Crippen LogP contribution in [0.1, 0.15) is 34.3 Å². The van der Waals surface area contributed by atoms with E-state index in [0.29, 0.717) is 17.8 Å². The Balaban J connectivity index is 1.48. The number of rotatable bonds is 5. The second-order valence-electron chi connectivity index (χ2n) is 7.72. The van der Waals surface area contributed by atoms with Crippen LogP contribution in [0.4, 0.5) is 5.69 Å². The molecule has 1 saturated heterocycles. The van der Waals surface area contributed by atoms with Crippen molar-refractivity contribution in [3.8, 4) is 0 Å². The molecule has 0 bridgehead atoms. The van der Waals surface area contributed by atoms with Crippen LogP contribution in [0.25, 0.3) is 0 Å². The van der Waals surface area contributed by atoms with Crippen molar-refractivity contribution in [1.82, 2.24) is 10.2 Å². The Morgan fingerprint density at radius 2 is 1.90 bits per heavy atom. The van der Waals surface area contributed by atoms with Crippen molar-refractivity contribution in [2.24, 2.45) is 0 Å². The highest BCUT2D eigenvalue weighted by atomic mass is 32.2. The number of amides is 3. The Bertz CT molecular complexity index is 985. The molecule has 7 heteroatoms. The average Bonchev–Trinajstić information content (AvgIpc) is 3.28. The maximum absolute atomic E-state index is 12.8. The fourth-order valence-corrected chi connectivity index (χ4v) is 4.75. The number of anilines is 1. The minimum Gasteiger partial charge on any atom is -0.350 e. The lowest BCUT2D eigenvalue weighted by atomic mass is 10.1. The molecule has 1 N–H and O–H groups in total. The zero-order valence-corrected chi connectivity index (χ0v) is 17.8. The van der Waals surface area contributed by atoms with E-state index in [1.165, 1.54) is 16.7 Å². The molecule has 3 amide bonds. The molecule has 1 fully saturated rings. The first-order valence-electron chi connectivity index (χ1n) is 10.2. The Morgan fingerprint density at radius 3 is 2.67 bits per heavy atom. The van der Waals surface area contributed by atoms with Gasteiger partial charge in [0.2, 0.25) is 11.8 Å². The smallest absolute Gasteiger partial charge is 0.253 e. The Hall–Kier alpha value is -2.80. The predicted octanol–water partition coefficient (Wildman–Crippen LogP) is 2.99. The third-order valence-corrected chi connectivity index (χ3v) is 6.46. The highest BCUT2D eigenvalue weighted by Gasteiger charge is 2.28. The zero-order chi connectivity index (χ0) is 21.1. The van der Waals surface area contributed by atoms with Crippen molar-refractivity contribution in [2.75, 3.05) is 30.3 Å². The summed E-state index contributed by atoms with van der Waals surface area (Å²) in [6.45, 7) is 3.91. The number of hydrogen-bond acceptors (Lipinski definition) is 4. The van der Waals surface area contributed by atoms with Gasteiger partial charge in [0.25, 0.3) is 5.91 Å². The van der Waals surface area contributed by atoms with Crippen molar-refractivity contribution in [2.45, 2.75) is 31.2 Å². The monoisotopic (exact) mass is 423 g/mol. The van der Waals surface area contributed by atoms with E-state index in [0.717, 1.165) is 42.0 Å². The number of carbonyl (C=O) groups excluding carboxylic acids is 3. The number of benzene rings is 2. The highest BCUT2D eigenvalue weighted by molar-refractivity contribution is 8.00. The van der Waals surface area contributed by atoms with Gasteiger partial charge in [-0.1, -0.05) is 29.8 Å². The number of hydrogen-bond donors (Lipinski definition) is 1. The minimum absolute atomic E-state index is 0.0119. The number of carbonyl (C=O) groups is 3. The molecular weight excluding hydrogens is 398 g/mol. The molecule has 6 nitrogen and oxygen atoms in total. The summed E-state index contributed by atoms with van der Waals surface area (Å²) in [6.07, 6.45) is 2.05. The molecule has 2 aromatic carbocycles. The van der Waals surface area contributed by atoms with E-state index < -0.39 is 0 Å². The number of fused-ring (bicyclic) bond motifs is 1. The summed E-state index contributed by atoms with van der Waals surface area (Å²) < 4.78 is 0. The van der Waals surface area contributed by atoms with E-state index in [1.807, 2.05) is 48.2 Å². The molecule has 2 aliphatic heterocycles. The van der Waals surface area contributed by atoms with Crippen molar-refractivity contribution >= 4 is 35.2 Å². The van der Waals surface area contributed by atoms with Gasteiger partial charge in [-0.25, -0.2) is 0 Å². The Morgan fingerprint density at radius 1 is 1.10 bits per heavy atom. The lowest BCUT2D eigenvalue weighted by Crippen LogP contribution is -2.43. The third kappa shape index (κ3) is 4.51. The molecule has 4 rings (SSSR count). The van der Waals surface area contributed by atoms with Gasteiger partial charge in [-0.3, -0.25) is 14.4 Å². The molecule has 0 atom stereocenters. The van der Waals surface area contributed by atoms with Crippen LogP contribution >= 0.6 is 11.8 Å². The van der Waals surface area contributed by atoms with Gasteiger partial charge in [-0.2, -0.15) is 0 Å². The molecular formula is C23H25N3O3S. The molecule has 2 aliphatic rings. The first kappa shape index (κ1) is 20.5. The molecule has 2 aromatic rings. The number of nitrogens with one attached hydrogen (secondary N) is 1. The molecule has 30 heavy (non-hydrogen) atoms.